The molecule has 94 valence electrons. The average Bonchev–Trinajstić information content (AvgIpc) is 2.29. The highest BCUT2D eigenvalue weighted by Crippen LogP contribution is 2.30. The van der Waals surface area contributed by atoms with Gasteiger partial charge in [0.05, 0.1) is 19.3 Å². The summed E-state index contributed by atoms with van der Waals surface area (Å²) < 4.78 is 5.38. The maximum atomic E-state index is 9.86. The fourth-order valence-electron chi connectivity index (χ4n) is 2.17. The maximum absolute atomic E-state index is 9.86. The summed E-state index contributed by atoms with van der Waals surface area (Å²) in [7, 11) is 0. The monoisotopic (exact) mass is 237 g/mol. The maximum Gasteiger partial charge on any atom is 0.123 e. The second-order valence-corrected chi connectivity index (χ2v) is 4.54. The molecule has 1 aliphatic rings. The molecule has 0 aromatic heterocycles. The number of anilines is 1. The third-order valence-electron chi connectivity index (χ3n) is 3.16. The van der Waals surface area contributed by atoms with Gasteiger partial charge in [0.2, 0.25) is 0 Å². The summed E-state index contributed by atoms with van der Waals surface area (Å²) in [6.45, 7) is 5.99. The topological polar surface area (TPSA) is 52.9 Å². The Morgan fingerprint density at radius 1 is 1.47 bits per heavy atom. The molecular formula is C13H19NO3. The van der Waals surface area contributed by atoms with Crippen molar-refractivity contribution in [2.24, 2.45) is 0 Å². The van der Waals surface area contributed by atoms with E-state index < -0.39 is 6.10 Å². The molecule has 2 N–H and O–H groups in total. The minimum absolute atomic E-state index is 0.149. The molecule has 1 fully saturated rings. The van der Waals surface area contributed by atoms with Crippen LogP contribution in [0.1, 0.15) is 25.5 Å². The summed E-state index contributed by atoms with van der Waals surface area (Å²) in [5.74, 6) is 0.149. The summed E-state index contributed by atoms with van der Waals surface area (Å²) in [5, 5.41) is 19.3. The Balaban J connectivity index is 2.24. The zero-order valence-corrected chi connectivity index (χ0v) is 10.3. The van der Waals surface area contributed by atoms with Crippen molar-refractivity contribution in [1.29, 1.82) is 0 Å². The van der Waals surface area contributed by atoms with Crippen molar-refractivity contribution in [2.45, 2.75) is 26.0 Å². The summed E-state index contributed by atoms with van der Waals surface area (Å²) in [6, 6.07) is 5.73. The van der Waals surface area contributed by atoms with Crippen molar-refractivity contribution >= 4 is 5.69 Å². The second-order valence-electron chi connectivity index (χ2n) is 4.54. The van der Waals surface area contributed by atoms with Crippen LogP contribution in [-0.4, -0.2) is 36.0 Å². The van der Waals surface area contributed by atoms with E-state index in [-0.39, 0.29) is 5.75 Å². The lowest BCUT2D eigenvalue weighted by Crippen LogP contribution is -2.43. The molecule has 1 heterocycles. The lowest BCUT2D eigenvalue weighted by Gasteiger charge is -2.35. The van der Waals surface area contributed by atoms with E-state index in [1.807, 2.05) is 6.07 Å². The van der Waals surface area contributed by atoms with Gasteiger partial charge in [-0.05, 0) is 19.9 Å². The average molecular weight is 237 g/mol. The van der Waals surface area contributed by atoms with E-state index in [4.69, 9.17) is 4.74 Å². The molecule has 0 spiro atoms. The SMILES string of the molecule is CC(O)c1ccc(N2CCOCC2C)cc1O. The Kier molecular flexibility index (Phi) is 3.54. The van der Waals surface area contributed by atoms with Gasteiger partial charge < -0.3 is 19.8 Å². The van der Waals surface area contributed by atoms with Crippen LogP contribution in [-0.2, 0) is 4.74 Å². The van der Waals surface area contributed by atoms with E-state index in [9.17, 15) is 10.2 Å². The van der Waals surface area contributed by atoms with Crippen LogP contribution in [0, 0.1) is 0 Å². The Labute approximate surface area is 101 Å². The zero-order valence-electron chi connectivity index (χ0n) is 10.3. The molecule has 4 heteroatoms. The van der Waals surface area contributed by atoms with Crippen molar-refractivity contribution in [2.75, 3.05) is 24.7 Å². The standard InChI is InChI=1S/C13H19NO3/c1-9-8-17-6-5-14(9)11-3-4-12(10(2)15)13(16)7-11/h3-4,7,9-10,15-16H,5-6,8H2,1-2H3. The van der Waals surface area contributed by atoms with Gasteiger partial charge in [0.25, 0.3) is 0 Å². The zero-order chi connectivity index (χ0) is 12.4. The van der Waals surface area contributed by atoms with Crippen molar-refractivity contribution in [3.63, 3.8) is 0 Å². The Morgan fingerprint density at radius 3 is 2.82 bits per heavy atom. The predicted octanol–water partition coefficient (Wildman–Crippen LogP) is 1.67. The molecule has 0 aliphatic carbocycles. The number of aliphatic hydroxyl groups excluding tert-OH is 1. The predicted molar refractivity (Wildman–Crippen MR) is 66.4 cm³/mol. The molecule has 0 bridgehead atoms. The number of benzene rings is 1. The molecule has 2 rings (SSSR count). The van der Waals surface area contributed by atoms with E-state index in [1.165, 1.54) is 0 Å². The molecule has 1 saturated heterocycles. The molecule has 17 heavy (non-hydrogen) atoms. The molecule has 1 aliphatic heterocycles. The van der Waals surface area contributed by atoms with E-state index in [0.29, 0.717) is 24.8 Å². The third-order valence-corrected chi connectivity index (χ3v) is 3.16. The highest BCUT2D eigenvalue weighted by Gasteiger charge is 2.20. The van der Waals surface area contributed by atoms with Gasteiger partial charge in [-0.3, -0.25) is 0 Å². The first kappa shape index (κ1) is 12.2. The van der Waals surface area contributed by atoms with Gasteiger partial charge in [0, 0.05) is 29.9 Å². The van der Waals surface area contributed by atoms with Crippen molar-refractivity contribution in [1.82, 2.24) is 0 Å². The Hall–Kier alpha value is -1.26. The summed E-state index contributed by atoms with van der Waals surface area (Å²) >= 11 is 0. The number of phenols is 1. The number of aliphatic hydroxyl groups is 1. The Morgan fingerprint density at radius 2 is 2.24 bits per heavy atom. The summed E-state index contributed by atoms with van der Waals surface area (Å²) in [5.41, 5.74) is 1.54. The number of morpholine rings is 1. The fourth-order valence-corrected chi connectivity index (χ4v) is 2.17. The fraction of sp³-hybridized carbons (Fsp3) is 0.538. The van der Waals surface area contributed by atoms with Crippen molar-refractivity contribution in [3.8, 4) is 5.75 Å². The van der Waals surface area contributed by atoms with E-state index in [0.717, 1.165) is 12.2 Å². The van der Waals surface area contributed by atoms with Crippen LogP contribution in [0.15, 0.2) is 18.2 Å². The van der Waals surface area contributed by atoms with Crippen LogP contribution in [0.2, 0.25) is 0 Å². The van der Waals surface area contributed by atoms with E-state index in [1.54, 1.807) is 19.1 Å². The van der Waals surface area contributed by atoms with Crippen LogP contribution >= 0.6 is 0 Å². The van der Waals surface area contributed by atoms with Gasteiger partial charge in [-0.2, -0.15) is 0 Å². The van der Waals surface area contributed by atoms with Crippen LogP contribution in [0.3, 0.4) is 0 Å². The molecule has 1 aromatic carbocycles. The quantitative estimate of drug-likeness (QED) is 0.821. The summed E-state index contributed by atoms with van der Waals surface area (Å²) in [6.07, 6.45) is -0.647. The van der Waals surface area contributed by atoms with E-state index in [2.05, 4.69) is 11.8 Å². The number of rotatable bonds is 2. The van der Waals surface area contributed by atoms with Crippen LogP contribution in [0.25, 0.3) is 0 Å². The van der Waals surface area contributed by atoms with Gasteiger partial charge in [0.15, 0.2) is 0 Å². The minimum Gasteiger partial charge on any atom is -0.507 e. The summed E-state index contributed by atoms with van der Waals surface area (Å²) in [4.78, 5) is 2.20. The molecule has 0 amide bonds. The molecule has 2 unspecified atom stereocenters. The second kappa shape index (κ2) is 4.94. The van der Waals surface area contributed by atoms with Gasteiger partial charge in [-0.1, -0.05) is 6.07 Å². The van der Waals surface area contributed by atoms with Crippen molar-refractivity contribution in [3.05, 3.63) is 23.8 Å². The number of hydrogen-bond acceptors (Lipinski definition) is 4. The lowest BCUT2D eigenvalue weighted by molar-refractivity contribution is 0.0989. The molecule has 0 radical (unpaired) electrons. The van der Waals surface area contributed by atoms with Crippen LogP contribution in [0.4, 0.5) is 5.69 Å². The number of phenolic OH excluding ortho intramolecular Hbond substituents is 1. The normalized spacial score (nSPS) is 22.5. The minimum atomic E-state index is -0.647. The van der Waals surface area contributed by atoms with Crippen LogP contribution < -0.4 is 4.90 Å². The Bertz CT molecular complexity index is 392. The molecular weight excluding hydrogens is 218 g/mol. The van der Waals surface area contributed by atoms with Gasteiger partial charge in [-0.15, -0.1) is 0 Å². The van der Waals surface area contributed by atoms with E-state index >= 15 is 0 Å². The first-order valence-electron chi connectivity index (χ1n) is 5.95. The molecule has 4 nitrogen and oxygen atoms in total. The van der Waals surface area contributed by atoms with Gasteiger partial charge in [-0.25, -0.2) is 0 Å². The molecule has 0 saturated carbocycles. The lowest BCUT2D eigenvalue weighted by atomic mass is 10.1. The van der Waals surface area contributed by atoms with Crippen LogP contribution in [0.5, 0.6) is 5.75 Å². The first-order chi connectivity index (χ1) is 8.09. The third kappa shape index (κ3) is 2.53. The number of nitrogens with zero attached hydrogens (tertiary/aromatic N) is 1. The number of hydrogen-bond donors (Lipinski definition) is 2. The van der Waals surface area contributed by atoms with Gasteiger partial charge in [0.1, 0.15) is 5.75 Å². The molecule has 1 aromatic rings. The van der Waals surface area contributed by atoms with Gasteiger partial charge >= 0.3 is 0 Å². The first-order valence-corrected chi connectivity index (χ1v) is 5.95. The highest BCUT2D eigenvalue weighted by atomic mass is 16.5. The highest BCUT2D eigenvalue weighted by molar-refractivity contribution is 5.54. The number of aromatic hydroxyl groups is 1. The smallest absolute Gasteiger partial charge is 0.123 e. The molecule has 2 atom stereocenters. The van der Waals surface area contributed by atoms with Crippen molar-refractivity contribution < 1.29 is 14.9 Å². The number of ether oxygens (including phenoxy) is 1. The largest absolute Gasteiger partial charge is 0.507 e.